The molecule has 1 N–H and O–H groups in total. The molecular weight excluding hydrogens is 166 g/mol. The lowest BCUT2D eigenvalue weighted by molar-refractivity contribution is 0.0953. The summed E-state index contributed by atoms with van der Waals surface area (Å²) >= 11 is 0. The molecule has 1 aromatic heterocycles. The molecule has 0 aliphatic carbocycles. The van der Waals surface area contributed by atoms with Crippen LogP contribution in [-0.2, 0) is 0 Å². The number of hydrogen-bond donors (Lipinski definition) is 1. The van der Waals surface area contributed by atoms with Crippen LogP contribution in [0.4, 0.5) is 0 Å². The molecule has 0 aromatic carbocycles. The van der Waals surface area contributed by atoms with Crippen LogP contribution in [0.3, 0.4) is 0 Å². The van der Waals surface area contributed by atoms with Gasteiger partial charge in [-0.3, -0.25) is 9.78 Å². The van der Waals surface area contributed by atoms with Gasteiger partial charge in [-0.05, 0) is 6.92 Å². The topological polar surface area (TPSA) is 54.9 Å². The first-order chi connectivity index (χ1) is 6.24. The molecule has 0 aliphatic rings. The highest BCUT2D eigenvalue weighted by molar-refractivity contribution is 5.92. The molecule has 0 atom stereocenters. The molecule has 0 fully saturated rings. The van der Waals surface area contributed by atoms with Gasteiger partial charge in [-0.1, -0.05) is 5.92 Å². The molecule has 13 heavy (non-hydrogen) atoms. The lowest BCUT2D eigenvalue weighted by Gasteiger charge is -1.99. The minimum absolute atomic E-state index is 0.203. The molecule has 4 nitrogen and oxygen atoms in total. The maximum absolute atomic E-state index is 11.2. The Bertz CT molecular complexity index is 337. The van der Waals surface area contributed by atoms with E-state index in [2.05, 4.69) is 21.2 Å². The van der Waals surface area contributed by atoms with Crippen LogP contribution in [0.15, 0.2) is 12.4 Å². The highest BCUT2D eigenvalue weighted by atomic mass is 16.1. The van der Waals surface area contributed by atoms with Gasteiger partial charge in [0.25, 0.3) is 5.91 Å². The lowest BCUT2D eigenvalue weighted by atomic mass is 10.4. The number of nitrogens with zero attached hydrogens (tertiary/aromatic N) is 2. The number of terminal acetylenes is 1. The van der Waals surface area contributed by atoms with Crippen LogP contribution in [0.5, 0.6) is 0 Å². The number of hydrogen-bond acceptors (Lipinski definition) is 3. The van der Waals surface area contributed by atoms with Gasteiger partial charge in [0.1, 0.15) is 5.69 Å². The second kappa shape index (κ2) is 4.21. The lowest BCUT2D eigenvalue weighted by Crippen LogP contribution is -2.24. The van der Waals surface area contributed by atoms with Crippen molar-refractivity contribution in [2.75, 3.05) is 6.54 Å². The fourth-order valence-electron chi connectivity index (χ4n) is 0.732. The van der Waals surface area contributed by atoms with Crippen molar-refractivity contribution >= 4 is 5.91 Å². The van der Waals surface area contributed by atoms with Crippen molar-refractivity contribution in [3.63, 3.8) is 0 Å². The third-order valence-electron chi connectivity index (χ3n) is 1.36. The van der Waals surface area contributed by atoms with Gasteiger partial charge in [-0.2, -0.15) is 0 Å². The normalized spacial score (nSPS) is 8.92. The van der Waals surface area contributed by atoms with Crippen molar-refractivity contribution in [3.8, 4) is 12.3 Å². The minimum atomic E-state index is -0.301. The first-order valence-corrected chi connectivity index (χ1v) is 3.74. The predicted molar refractivity (Wildman–Crippen MR) is 47.9 cm³/mol. The maximum atomic E-state index is 11.2. The van der Waals surface area contributed by atoms with Gasteiger partial charge in [0.2, 0.25) is 0 Å². The standard InChI is InChI=1S/C9H9N3O/c1-3-4-10-9(13)8-6-11-7(2)5-12-8/h1,5-6H,4H2,2H3,(H,10,13). The molecule has 0 aliphatic heterocycles. The molecule has 66 valence electrons. The number of amides is 1. The van der Waals surface area contributed by atoms with E-state index >= 15 is 0 Å². The Morgan fingerprint density at radius 2 is 2.38 bits per heavy atom. The molecule has 0 unspecified atom stereocenters. The first kappa shape index (κ1) is 9.20. The van der Waals surface area contributed by atoms with Crippen LogP contribution >= 0.6 is 0 Å². The minimum Gasteiger partial charge on any atom is -0.340 e. The summed E-state index contributed by atoms with van der Waals surface area (Å²) in [6.45, 7) is 2.00. The van der Waals surface area contributed by atoms with E-state index in [1.54, 1.807) is 6.92 Å². The molecular formula is C9H9N3O. The van der Waals surface area contributed by atoms with Crippen molar-refractivity contribution in [2.24, 2.45) is 0 Å². The summed E-state index contributed by atoms with van der Waals surface area (Å²) in [5.74, 6) is 2.00. The summed E-state index contributed by atoms with van der Waals surface area (Å²) in [7, 11) is 0. The van der Waals surface area contributed by atoms with Crippen molar-refractivity contribution in [2.45, 2.75) is 6.92 Å². The number of aryl methyl sites for hydroxylation is 1. The molecule has 4 heteroatoms. The summed E-state index contributed by atoms with van der Waals surface area (Å²) in [4.78, 5) is 19.0. The van der Waals surface area contributed by atoms with Crippen LogP contribution in [0.25, 0.3) is 0 Å². The number of carbonyl (C=O) groups excluding carboxylic acids is 1. The summed E-state index contributed by atoms with van der Waals surface area (Å²) in [5.41, 5.74) is 1.05. The average molecular weight is 175 g/mol. The summed E-state index contributed by atoms with van der Waals surface area (Å²) < 4.78 is 0. The second-order valence-corrected chi connectivity index (χ2v) is 2.43. The Labute approximate surface area is 76.4 Å². The highest BCUT2D eigenvalue weighted by Crippen LogP contribution is 1.92. The third kappa shape index (κ3) is 2.56. The maximum Gasteiger partial charge on any atom is 0.272 e. The Kier molecular flexibility index (Phi) is 2.98. The summed E-state index contributed by atoms with van der Waals surface area (Å²) in [6, 6.07) is 0. The molecule has 1 rings (SSSR count). The van der Waals surface area contributed by atoms with Crippen LogP contribution in [0.2, 0.25) is 0 Å². The van der Waals surface area contributed by atoms with E-state index in [4.69, 9.17) is 6.42 Å². The zero-order valence-electron chi connectivity index (χ0n) is 7.24. The summed E-state index contributed by atoms with van der Waals surface area (Å²) in [5, 5.41) is 2.49. The van der Waals surface area contributed by atoms with E-state index in [9.17, 15) is 4.79 Å². The van der Waals surface area contributed by atoms with Gasteiger partial charge < -0.3 is 5.32 Å². The Hall–Kier alpha value is -1.89. The Morgan fingerprint density at radius 3 is 2.92 bits per heavy atom. The van der Waals surface area contributed by atoms with E-state index in [1.807, 2.05) is 0 Å². The van der Waals surface area contributed by atoms with Crippen LogP contribution in [-0.4, -0.2) is 22.4 Å². The largest absolute Gasteiger partial charge is 0.340 e. The predicted octanol–water partition coefficient (Wildman–Crippen LogP) is 0.148. The number of nitrogens with one attached hydrogen (secondary N) is 1. The first-order valence-electron chi connectivity index (χ1n) is 3.74. The van der Waals surface area contributed by atoms with E-state index in [0.717, 1.165) is 5.69 Å². The molecule has 0 spiro atoms. The van der Waals surface area contributed by atoms with Gasteiger partial charge in [0.05, 0.1) is 18.4 Å². The van der Waals surface area contributed by atoms with Crippen molar-refractivity contribution in [1.29, 1.82) is 0 Å². The monoisotopic (exact) mass is 175 g/mol. The van der Waals surface area contributed by atoms with Gasteiger partial charge in [-0.25, -0.2) is 4.98 Å². The van der Waals surface area contributed by atoms with Crippen LogP contribution in [0.1, 0.15) is 16.2 Å². The fourth-order valence-corrected chi connectivity index (χ4v) is 0.732. The molecule has 0 radical (unpaired) electrons. The van der Waals surface area contributed by atoms with Gasteiger partial charge in [-0.15, -0.1) is 6.42 Å². The van der Waals surface area contributed by atoms with E-state index in [0.29, 0.717) is 0 Å². The number of carbonyl (C=O) groups is 1. The summed E-state index contributed by atoms with van der Waals surface area (Å²) in [6.07, 6.45) is 7.93. The molecule has 1 amide bonds. The third-order valence-corrected chi connectivity index (χ3v) is 1.36. The quantitative estimate of drug-likeness (QED) is 0.651. The Morgan fingerprint density at radius 1 is 1.62 bits per heavy atom. The molecule has 0 saturated carbocycles. The molecule has 1 heterocycles. The molecule has 1 aromatic rings. The zero-order chi connectivity index (χ0) is 9.68. The Balaban J connectivity index is 2.68. The van der Waals surface area contributed by atoms with E-state index < -0.39 is 0 Å². The SMILES string of the molecule is C#CCNC(=O)c1cnc(C)cn1. The average Bonchev–Trinajstić information content (AvgIpc) is 2.15. The highest BCUT2D eigenvalue weighted by Gasteiger charge is 2.04. The van der Waals surface area contributed by atoms with Crippen molar-refractivity contribution in [1.82, 2.24) is 15.3 Å². The van der Waals surface area contributed by atoms with Crippen molar-refractivity contribution < 1.29 is 4.79 Å². The number of rotatable bonds is 2. The second-order valence-electron chi connectivity index (χ2n) is 2.43. The van der Waals surface area contributed by atoms with Crippen molar-refractivity contribution in [3.05, 3.63) is 23.8 Å². The van der Waals surface area contributed by atoms with Crippen LogP contribution in [0, 0.1) is 19.3 Å². The fraction of sp³-hybridized carbons (Fsp3) is 0.222. The van der Waals surface area contributed by atoms with Gasteiger partial charge in [0, 0.05) is 6.20 Å². The van der Waals surface area contributed by atoms with E-state index in [1.165, 1.54) is 12.4 Å². The molecule has 0 saturated heterocycles. The number of aromatic nitrogens is 2. The smallest absolute Gasteiger partial charge is 0.272 e. The van der Waals surface area contributed by atoms with Gasteiger partial charge >= 0.3 is 0 Å². The molecule has 0 bridgehead atoms. The zero-order valence-corrected chi connectivity index (χ0v) is 7.24. The van der Waals surface area contributed by atoms with Gasteiger partial charge in [0.15, 0.2) is 0 Å². The van der Waals surface area contributed by atoms with E-state index in [-0.39, 0.29) is 18.1 Å². The van der Waals surface area contributed by atoms with Crippen LogP contribution < -0.4 is 5.32 Å².